The normalized spacial score (nSPS) is 51.5. The van der Waals surface area contributed by atoms with Crippen LogP contribution in [0.2, 0.25) is 0 Å². The van der Waals surface area contributed by atoms with Gasteiger partial charge in [0.25, 0.3) is 0 Å². The molecule has 0 amide bonds. The number of carbonyl (C=O) groups is 4. The summed E-state index contributed by atoms with van der Waals surface area (Å²) in [7, 11) is 1.38. The number of fused-ring (bicyclic) bond motifs is 2. The first-order valence-electron chi connectivity index (χ1n) is 11.9. The predicted octanol–water partition coefficient (Wildman–Crippen LogP) is 3.16. The van der Waals surface area contributed by atoms with Crippen LogP contribution < -0.4 is 0 Å². The lowest BCUT2D eigenvalue weighted by Gasteiger charge is -2.59. The number of epoxide rings is 1. The van der Waals surface area contributed by atoms with Crippen LogP contribution >= 0.6 is 0 Å². The fourth-order valence-electron chi connectivity index (χ4n) is 8.68. The number of hydrogen-bond acceptors (Lipinski definition) is 7. The lowest BCUT2D eigenvalue weighted by molar-refractivity contribution is -0.168. The summed E-state index contributed by atoms with van der Waals surface area (Å²) in [4.78, 5) is 50.5. The average Bonchev–Trinajstić information content (AvgIpc) is 3.23. The molecule has 0 aromatic rings. The SMILES string of the molecule is COC(=O)CC[C@@]1(C)CC(=O)CC2C13OC3C[C@]1(C)[C@@H]([C@@]3(C)CCC(=O)O3)C(=O)C[C@@]21C. The molecule has 0 N–H and O–H groups in total. The van der Waals surface area contributed by atoms with Crippen LogP contribution in [0.1, 0.15) is 79.1 Å². The predicted molar refractivity (Wildman–Crippen MR) is 112 cm³/mol. The summed E-state index contributed by atoms with van der Waals surface area (Å²) in [6.07, 6.45) is 3.44. The Kier molecular flexibility index (Phi) is 4.43. The zero-order chi connectivity index (χ0) is 23.3. The first-order chi connectivity index (χ1) is 14.9. The van der Waals surface area contributed by atoms with Gasteiger partial charge >= 0.3 is 11.9 Å². The van der Waals surface area contributed by atoms with Gasteiger partial charge in [-0.05, 0) is 37.0 Å². The van der Waals surface area contributed by atoms with Gasteiger partial charge < -0.3 is 14.2 Å². The van der Waals surface area contributed by atoms with E-state index < -0.39 is 33.4 Å². The van der Waals surface area contributed by atoms with Crippen molar-refractivity contribution in [1.29, 1.82) is 0 Å². The van der Waals surface area contributed by atoms with E-state index in [9.17, 15) is 19.2 Å². The summed E-state index contributed by atoms with van der Waals surface area (Å²) in [5, 5.41) is 0. The molecule has 3 unspecified atom stereocenters. The molecule has 0 bridgehead atoms. The fraction of sp³-hybridized carbons (Fsp3) is 0.840. The highest BCUT2D eigenvalue weighted by Gasteiger charge is 2.84. The minimum absolute atomic E-state index is 0.0598. The maximum atomic E-state index is 13.6. The molecule has 5 fully saturated rings. The van der Waals surface area contributed by atoms with E-state index in [0.717, 1.165) is 0 Å². The number of hydrogen-bond donors (Lipinski definition) is 0. The molecule has 0 aromatic carbocycles. The van der Waals surface area contributed by atoms with Gasteiger partial charge in [-0.15, -0.1) is 0 Å². The molecule has 1 spiro atoms. The molecule has 8 atom stereocenters. The molecule has 176 valence electrons. The van der Waals surface area contributed by atoms with E-state index in [1.54, 1.807) is 0 Å². The minimum atomic E-state index is -0.803. The summed E-state index contributed by atoms with van der Waals surface area (Å²) in [6, 6.07) is 0. The maximum absolute atomic E-state index is 13.6. The molecule has 2 saturated heterocycles. The van der Waals surface area contributed by atoms with E-state index in [1.165, 1.54) is 7.11 Å². The Bertz CT molecular complexity index is 927. The van der Waals surface area contributed by atoms with Gasteiger partial charge in [-0.1, -0.05) is 20.8 Å². The van der Waals surface area contributed by atoms with Crippen molar-refractivity contribution in [2.45, 2.75) is 96.4 Å². The van der Waals surface area contributed by atoms with Crippen molar-refractivity contribution in [2.75, 3.05) is 7.11 Å². The third-order valence-electron chi connectivity index (χ3n) is 10.3. The molecular weight excluding hydrogens is 412 g/mol. The second kappa shape index (κ2) is 6.43. The molecule has 5 rings (SSSR count). The second-order valence-corrected chi connectivity index (χ2v) is 11.9. The molecule has 0 aromatic heterocycles. The fourth-order valence-corrected chi connectivity index (χ4v) is 8.68. The Labute approximate surface area is 188 Å². The molecule has 3 saturated carbocycles. The summed E-state index contributed by atoms with van der Waals surface area (Å²) in [6.45, 7) is 8.27. The van der Waals surface area contributed by atoms with Crippen LogP contribution in [0.5, 0.6) is 0 Å². The highest BCUT2D eigenvalue weighted by molar-refractivity contribution is 5.89. The van der Waals surface area contributed by atoms with Gasteiger partial charge in [0.2, 0.25) is 0 Å². The van der Waals surface area contributed by atoms with Crippen LogP contribution in [0.3, 0.4) is 0 Å². The number of ketones is 2. The number of methoxy groups -OCH3 is 1. The highest BCUT2D eigenvalue weighted by atomic mass is 16.6. The molecule has 0 radical (unpaired) electrons. The molecule has 2 aliphatic heterocycles. The van der Waals surface area contributed by atoms with Crippen molar-refractivity contribution in [1.82, 2.24) is 0 Å². The molecular formula is C25H34O7. The zero-order valence-electron chi connectivity index (χ0n) is 19.7. The topological polar surface area (TPSA) is 99.3 Å². The summed E-state index contributed by atoms with van der Waals surface area (Å²) in [5.41, 5.74) is -2.64. The van der Waals surface area contributed by atoms with E-state index in [2.05, 4.69) is 20.8 Å². The van der Waals surface area contributed by atoms with Crippen LogP contribution in [0.15, 0.2) is 0 Å². The quantitative estimate of drug-likeness (QED) is 0.483. The molecule has 2 heterocycles. The number of cyclic esters (lactones) is 1. The first kappa shape index (κ1) is 22.1. The van der Waals surface area contributed by atoms with Crippen LogP contribution in [-0.2, 0) is 33.4 Å². The third-order valence-corrected chi connectivity index (χ3v) is 10.3. The van der Waals surface area contributed by atoms with Crippen LogP contribution in [-0.4, -0.2) is 47.9 Å². The monoisotopic (exact) mass is 446 g/mol. The van der Waals surface area contributed by atoms with Gasteiger partial charge in [0, 0.05) is 43.4 Å². The summed E-state index contributed by atoms with van der Waals surface area (Å²) in [5.74, 6) is -0.716. The van der Waals surface area contributed by atoms with Gasteiger partial charge in [0.1, 0.15) is 22.8 Å². The molecule has 7 heteroatoms. The number of rotatable bonds is 4. The van der Waals surface area contributed by atoms with E-state index in [4.69, 9.17) is 14.2 Å². The highest BCUT2D eigenvalue weighted by Crippen LogP contribution is 2.79. The summed E-state index contributed by atoms with van der Waals surface area (Å²) < 4.78 is 17.2. The van der Waals surface area contributed by atoms with E-state index in [-0.39, 0.29) is 41.9 Å². The minimum Gasteiger partial charge on any atom is -0.469 e. The molecule has 32 heavy (non-hydrogen) atoms. The molecule has 3 aliphatic carbocycles. The van der Waals surface area contributed by atoms with Gasteiger partial charge in [0.05, 0.1) is 19.1 Å². The zero-order valence-corrected chi connectivity index (χ0v) is 19.7. The molecule has 5 aliphatic rings. The Morgan fingerprint density at radius 2 is 1.81 bits per heavy atom. The Morgan fingerprint density at radius 1 is 1.09 bits per heavy atom. The van der Waals surface area contributed by atoms with Gasteiger partial charge in [0.15, 0.2) is 0 Å². The standard InChI is InChI=1S/C25H34O7/c1-21(8-6-18(28)30-5)11-14(26)10-16-22(2)12-15(27)20(24(4)9-7-19(29)32-24)23(22,3)13-17-25(16,21)31-17/h16-17,20H,6-13H2,1-5H3/t16?,17?,20-,21-,22-,23+,24+,25?/m0/s1. The van der Waals surface area contributed by atoms with Crippen molar-refractivity contribution in [3.8, 4) is 0 Å². The Morgan fingerprint density at radius 3 is 2.44 bits per heavy atom. The largest absolute Gasteiger partial charge is 0.469 e. The van der Waals surface area contributed by atoms with Crippen molar-refractivity contribution in [3.63, 3.8) is 0 Å². The Balaban J connectivity index is 1.54. The number of carbonyl (C=O) groups excluding carboxylic acids is 4. The smallest absolute Gasteiger partial charge is 0.306 e. The van der Waals surface area contributed by atoms with Crippen molar-refractivity contribution in [3.05, 3.63) is 0 Å². The number of esters is 2. The third kappa shape index (κ3) is 2.52. The average molecular weight is 447 g/mol. The number of ether oxygens (including phenoxy) is 3. The lowest BCUT2D eigenvalue weighted by atomic mass is 9.42. The van der Waals surface area contributed by atoms with Crippen LogP contribution in [0.4, 0.5) is 0 Å². The van der Waals surface area contributed by atoms with Crippen molar-refractivity contribution < 1.29 is 33.4 Å². The van der Waals surface area contributed by atoms with E-state index >= 15 is 0 Å². The second-order valence-electron chi connectivity index (χ2n) is 11.9. The van der Waals surface area contributed by atoms with Gasteiger partial charge in [-0.3, -0.25) is 19.2 Å². The van der Waals surface area contributed by atoms with Crippen LogP contribution in [0, 0.1) is 28.1 Å². The van der Waals surface area contributed by atoms with Crippen molar-refractivity contribution >= 4 is 23.5 Å². The van der Waals surface area contributed by atoms with Gasteiger partial charge in [-0.2, -0.15) is 0 Å². The molecule has 7 nitrogen and oxygen atoms in total. The summed E-state index contributed by atoms with van der Waals surface area (Å²) >= 11 is 0. The number of Topliss-reactive ketones (excluding diaryl/α,β-unsaturated/α-hetero) is 2. The first-order valence-corrected chi connectivity index (χ1v) is 11.9. The van der Waals surface area contributed by atoms with E-state index in [1.807, 2.05) is 6.92 Å². The lowest BCUT2D eigenvalue weighted by Crippen LogP contribution is -2.63. The van der Waals surface area contributed by atoms with Crippen molar-refractivity contribution in [2.24, 2.45) is 28.1 Å². The Hall–Kier alpha value is -1.76. The van der Waals surface area contributed by atoms with Crippen LogP contribution in [0.25, 0.3) is 0 Å². The van der Waals surface area contributed by atoms with E-state index in [0.29, 0.717) is 44.9 Å². The van der Waals surface area contributed by atoms with Gasteiger partial charge in [-0.25, -0.2) is 0 Å². The maximum Gasteiger partial charge on any atom is 0.306 e.